The smallest absolute Gasteiger partial charge is 0.236 e. The Bertz CT molecular complexity index is 1020. The van der Waals surface area contributed by atoms with E-state index in [0.29, 0.717) is 19.6 Å². The second-order valence-electron chi connectivity index (χ2n) is 9.32. The van der Waals surface area contributed by atoms with Gasteiger partial charge in [-0.3, -0.25) is 14.6 Å². The van der Waals surface area contributed by atoms with E-state index in [2.05, 4.69) is 62.9 Å². The van der Waals surface area contributed by atoms with Crippen LogP contribution in [-0.4, -0.2) is 88.7 Å². The molecular formula is C26H34N4O2. The van der Waals surface area contributed by atoms with Crippen LogP contribution in [0.5, 0.6) is 0 Å². The summed E-state index contributed by atoms with van der Waals surface area (Å²) in [5, 5.41) is 13.5. The van der Waals surface area contributed by atoms with E-state index in [1.54, 1.807) is 0 Å². The van der Waals surface area contributed by atoms with Crippen molar-refractivity contribution in [2.45, 2.75) is 31.9 Å². The molecule has 170 valence electrons. The van der Waals surface area contributed by atoms with Crippen molar-refractivity contribution in [3.63, 3.8) is 0 Å². The Balaban J connectivity index is 1.20. The molecule has 3 heterocycles. The zero-order chi connectivity index (χ0) is 21.9. The number of para-hydroxylation sites is 2. The molecule has 1 unspecified atom stereocenters. The van der Waals surface area contributed by atoms with Crippen LogP contribution in [-0.2, 0) is 11.3 Å². The van der Waals surface area contributed by atoms with Gasteiger partial charge in [0.1, 0.15) is 0 Å². The van der Waals surface area contributed by atoms with Gasteiger partial charge in [0.15, 0.2) is 0 Å². The minimum absolute atomic E-state index is 0.280. The lowest BCUT2D eigenvalue weighted by atomic mass is 10.2. The van der Waals surface area contributed by atoms with Gasteiger partial charge in [-0.15, -0.1) is 0 Å². The lowest BCUT2D eigenvalue weighted by Gasteiger charge is -2.25. The normalized spacial score (nSPS) is 19.6. The van der Waals surface area contributed by atoms with E-state index >= 15 is 0 Å². The topological polar surface area (TPSA) is 52.0 Å². The number of aliphatic hydroxyl groups is 1. The number of amides is 1. The largest absolute Gasteiger partial charge is 0.390 e. The van der Waals surface area contributed by atoms with E-state index in [9.17, 15) is 9.90 Å². The third kappa shape index (κ3) is 4.53. The first-order chi connectivity index (χ1) is 15.7. The Morgan fingerprint density at radius 1 is 0.750 bits per heavy atom. The molecular weight excluding hydrogens is 400 g/mol. The monoisotopic (exact) mass is 434 g/mol. The number of likely N-dealkylation sites (tertiary alicyclic amines) is 1. The van der Waals surface area contributed by atoms with Gasteiger partial charge in [0.2, 0.25) is 5.91 Å². The van der Waals surface area contributed by atoms with Crippen molar-refractivity contribution in [1.29, 1.82) is 0 Å². The molecule has 1 atom stereocenters. The van der Waals surface area contributed by atoms with Crippen molar-refractivity contribution in [2.24, 2.45) is 0 Å². The fourth-order valence-corrected chi connectivity index (χ4v) is 5.39. The molecule has 32 heavy (non-hydrogen) atoms. The number of hydrogen-bond acceptors (Lipinski definition) is 4. The highest BCUT2D eigenvalue weighted by Gasteiger charge is 2.23. The molecule has 2 aliphatic rings. The SMILES string of the molecule is O=C(CN1CCCN(CC(O)Cn2c3ccccc3c3ccccc32)CC1)N1CCCC1. The zero-order valence-corrected chi connectivity index (χ0v) is 18.8. The van der Waals surface area contributed by atoms with Crippen molar-refractivity contribution in [2.75, 3.05) is 52.4 Å². The molecule has 2 aromatic carbocycles. The Kier molecular flexibility index (Phi) is 6.44. The average Bonchev–Trinajstić information content (AvgIpc) is 3.39. The summed E-state index contributed by atoms with van der Waals surface area (Å²) in [7, 11) is 0. The second-order valence-corrected chi connectivity index (χ2v) is 9.32. The second kappa shape index (κ2) is 9.61. The maximum Gasteiger partial charge on any atom is 0.236 e. The van der Waals surface area contributed by atoms with E-state index in [-0.39, 0.29) is 5.91 Å². The van der Waals surface area contributed by atoms with E-state index in [1.165, 1.54) is 21.8 Å². The molecule has 0 aliphatic carbocycles. The van der Waals surface area contributed by atoms with Crippen molar-refractivity contribution in [3.05, 3.63) is 48.5 Å². The maximum atomic E-state index is 12.5. The quantitative estimate of drug-likeness (QED) is 0.648. The number of fused-ring (bicyclic) bond motifs is 3. The molecule has 0 saturated carbocycles. The molecule has 2 fully saturated rings. The molecule has 2 aliphatic heterocycles. The molecule has 1 N–H and O–H groups in total. The number of nitrogens with zero attached hydrogens (tertiary/aromatic N) is 4. The minimum atomic E-state index is -0.438. The van der Waals surface area contributed by atoms with Gasteiger partial charge in [0.25, 0.3) is 0 Å². The molecule has 0 bridgehead atoms. The van der Waals surface area contributed by atoms with Crippen molar-refractivity contribution < 1.29 is 9.90 Å². The summed E-state index contributed by atoms with van der Waals surface area (Å²) in [6.45, 7) is 7.35. The van der Waals surface area contributed by atoms with Crippen LogP contribution in [0.15, 0.2) is 48.5 Å². The molecule has 1 aromatic heterocycles. The number of benzene rings is 2. The molecule has 3 aromatic rings. The number of β-amino-alcohol motifs (C(OH)–C–C–N with tert-alkyl or cyclic N) is 1. The molecule has 0 radical (unpaired) electrons. The first-order valence-electron chi connectivity index (χ1n) is 12.1. The maximum absolute atomic E-state index is 12.5. The zero-order valence-electron chi connectivity index (χ0n) is 18.8. The van der Waals surface area contributed by atoms with Gasteiger partial charge < -0.3 is 14.6 Å². The lowest BCUT2D eigenvalue weighted by Crippen LogP contribution is -2.41. The van der Waals surface area contributed by atoms with E-state index in [1.807, 2.05) is 4.90 Å². The number of hydrogen-bond donors (Lipinski definition) is 1. The Morgan fingerprint density at radius 3 is 2.03 bits per heavy atom. The van der Waals surface area contributed by atoms with Gasteiger partial charge in [-0.05, 0) is 44.5 Å². The highest BCUT2D eigenvalue weighted by molar-refractivity contribution is 6.07. The minimum Gasteiger partial charge on any atom is -0.390 e. The molecule has 6 nitrogen and oxygen atoms in total. The fraction of sp³-hybridized carbons (Fsp3) is 0.500. The summed E-state index contributed by atoms with van der Waals surface area (Å²) in [4.78, 5) is 19.2. The predicted octanol–water partition coefficient (Wildman–Crippen LogP) is 2.79. The molecule has 1 amide bonds. The van der Waals surface area contributed by atoms with Gasteiger partial charge in [-0.1, -0.05) is 36.4 Å². The number of carbonyl (C=O) groups is 1. The van der Waals surface area contributed by atoms with Crippen LogP contribution < -0.4 is 0 Å². The number of aromatic nitrogens is 1. The molecule has 2 saturated heterocycles. The van der Waals surface area contributed by atoms with Crippen LogP contribution in [0.3, 0.4) is 0 Å². The summed E-state index contributed by atoms with van der Waals surface area (Å²) in [6, 6.07) is 16.9. The first-order valence-corrected chi connectivity index (χ1v) is 12.1. The van der Waals surface area contributed by atoms with E-state index < -0.39 is 6.10 Å². The number of carbonyl (C=O) groups excluding carboxylic acids is 1. The first kappa shape index (κ1) is 21.4. The summed E-state index contributed by atoms with van der Waals surface area (Å²) < 4.78 is 2.26. The number of aliphatic hydroxyl groups excluding tert-OH is 1. The van der Waals surface area contributed by atoms with Gasteiger partial charge in [0.05, 0.1) is 19.2 Å². The van der Waals surface area contributed by atoms with Crippen LogP contribution in [0.1, 0.15) is 19.3 Å². The highest BCUT2D eigenvalue weighted by Crippen LogP contribution is 2.29. The van der Waals surface area contributed by atoms with Gasteiger partial charge >= 0.3 is 0 Å². The van der Waals surface area contributed by atoms with Gasteiger partial charge in [0, 0.05) is 54.5 Å². The average molecular weight is 435 g/mol. The number of rotatable bonds is 6. The molecule has 6 heteroatoms. The fourth-order valence-electron chi connectivity index (χ4n) is 5.39. The van der Waals surface area contributed by atoms with Crippen LogP contribution >= 0.6 is 0 Å². The van der Waals surface area contributed by atoms with E-state index in [4.69, 9.17) is 0 Å². The van der Waals surface area contributed by atoms with Crippen LogP contribution in [0.25, 0.3) is 21.8 Å². The molecule has 0 spiro atoms. The lowest BCUT2D eigenvalue weighted by molar-refractivity contribution is -0.131. The Labute approximate surface area is 190 Å². The molecule has 5 rings (SSSR count). The third-order valence-corrected chi connectivity index (χ3v) is 7.04. The van der Waals surface area contributed by atoms with Crippen molar-refractivity contribution in [3.8, 4) is 0 Å². The standard InChI is InChI=1S/C26H34N4O2/c31-21(19-30-24-10-3-1-8-22(24)23-9-2-4-11-25(23)30)18-27-12-7-13-28(17-16-27)20-26(32)29-14-5-6-15-29/h1-4,8-11,21,31H,5-7,12-20H2. The third-order valence-electron chi connectivity index (χ3n) is 7.04. The van der Waals surface area contributed by atoms with Gasteiger partial charge in [-0.25, -0.2) is 0 Å². The van der Waals surface area contributed by atoms with Gasteiger partial charge in [-0.2, -0.15) is 0 Å². The van der Waals surface area contributed by atoms with Crippen LogP contribution in [0.2, 0.25) is 0 Å². The van der Waals surface area contributed by atoms with Crippen LogP contribution in [0.4, 0.5) is 0 Å². The highest BCUT2D eigenvalue weighted by atomic mass is 16.3. The van der Waals surface area contributed by atoms with Crippen molar-refractivity contribution >= 4 is 27.7 Å². The Morgan fingerprint density at radius 2 is 1.34 bits per heavy atom. The summed E-state index contributed by atoms with van der Waals surface area (Å²) >= 11 is 0. The van der Waals surface area contributed by atoms with E-state index in [0.717, 1.165) is 58.5 Å². The Hall–Kier alpha value is -2.41. The van der Waals surface area contributed by atoms with Crippen molar-refractivity contribution in [1.82, 2.24) is 19.3 Å². The van der Waals surface area contributed by atoms with Crippen LogP contribution in [0, 0.1) is 0 Å². The summed E-state index contributed by atoms with van der Waals surface area (Å²) in [5.74, 6) is 0.280. The predicted molar refractivity (Wildman–Crippen MR) is 129 cm³/mol. The summed E-state index contributed by atoms with van der Waals surface area (Å²) in [5.41, 5.74) is 2.35. The summed E-state index contributed by atoms with van der Waals surface area (Å²) in [6.07, 6.45) is 2.88.